The number of nitrogens with zero attached hydrogens (tertiary/aromatic N) is 6. The molecule has 186 valence electrons. The smallest absolute Gasteiger partial charge is 0.257 e. The quantitative estimate of drug-likeness (QED) is 0.424. The highest BCUT2D eigenvalue weighted by atomic mass is 19.1. The van der Waals surface area contributed by atoms with E-state index in [-0.39, 0.29) is 11.3 Å². The van der Waals surface area contributed by atoms with Gasteiger partial charge in [-0.2, -0.15) is 5.10 Å². The molecule has 0 atom stereocenters. The van der Waals surface area contributed by atoms with E-state index in [1.165, 1.54) is 36.7 Å². The van der Waals surface area contributed by atoms with Gasteiger partial charge >= 0.3 is 0 Å². The molecule has 6 rings (SSSR count). The third-order valence-electron chi connectivity index (χ3n) is 6.75. The molecule has 1 saturated heterocycles. The van der Waals surface area contributed by atoms with Crippen LogP contribution in [0.15, 0.2) is 30.6 Å². The van der Waals surface area contributed by atoms with E-state index in [2.05, 4.69) is 35.6 Å². The number of aryl methyl sites for hydroxylation is 1. The maximum absolute atomic E-state index is 14.5. The largest absolute Gasteiger partial charge is 0.480 e. The van der Waals surface area contributed by atoms with Crippen molar-refractivity contribution in [2.24, 2.45) is 0 Å². The standard InChI is InChI=1S/C25H27FN8O2/c1-14-28-24-19(26)11-17(13-34(24)32-14)30-25(35)18-5-6-20(23-22(18)31-21(36-2)12-27-23)33-9-7-16(8-10-33)29-15-3-4-15/h5-6,11-13,15-16,29H,3-4,7-10H2,1-2H3,(H,30,35). The second-order valence-corrected chi connectivity index (χ2v) is 9.40. The van der Waals surface area contributed by atoms with Crippen LogP contribution in [0.5, 0.6) is 5.88 Å². The zero-order chi connectivity index (χ0) is 24.8. The van der Waals surface area contributed by atoms with E-state index in [0.29, 0.717) is 40.4 Å². The monoisotopic (exact) mass is 490 g/mol. The van der Waals surface area contributed by atoms with Crippen molar-refractivity contribution in [1.82, 2.24) is 29.9 Å². The van der Waals surface area contributed by atoms with Gasteiger partial charge in [0, 0.05) is 31.2 Å². The zero-order valence-electron chi connectivity index (χ0n) is 20.2. The van der Waals surface area contributed by atoms with Gasteiger partial charge in [0.2, 0.25) is 5.88 Å². The van der Waals surface area contributed by atoms with Gasteiger partial charge in [-0.3, -0.25) is 4.79 Å². The Kier molecular flexibility index (Phi) is 5.63. The van der Waals surface area contributed by atoms with Gasteiger partial charge in [0.1, 0.15) is 16.9 Å². The summed E-state index contributed by atoms with van der Waals surface area (Å²) in [4.78, 5) is 28.8. The van der Waals surface area contributed by atoms with Crippen LogP contribution < -0.4 is 20.3 Å². The predicted molar refractivity (Wildman–Crippen MR) is 133 cm³/mol. The number of carbonyl (C=O) groups is 1. The Morgan fingerprint density at radius 1 is 1.11 bits per heavy atom. The maximum Gasteiger partial charge on any atom is 0.257 e. The first kappa shape index (κ1) is 22.6. The molecule has 0 bridgehead atoms. The van der Waals surface area contributed by atoms with Crippen molar-refractivity contribution in [1.29, 1.82) is 0 Å². The molecule has 2 N–H and O–H groups in total. The molecule has 11 heteroatoms. The van der Waals surface area contributed by atoms with Crippen molar-refractivity contribution in [3.8, 4) is 5.88 Å². The van der Waals surface area contributed by atoms with Gasteiger partial charge in [-0.25, -0.2) is 23.9 Å². The normalized spacial score (nSPS) is 16.6. The maximum atomic E-state index is 14.5. The Morgan fingerprint density at radius 3 is 2.64 bits per heavy atom. The number of hydrogen-bond donors (Lipinski definition) is 2. The number of methoxy groups -OCH3 is 1. The van der Waals surface area contributed by atoms with Crippen LogP contribution in [0.4, 0.5) is 15.8 Å². The molecule has 1 saturated carbocycles. The fourth-order valence-corrected chi connectivity index (χ4v) is 4.80. The first-order valence-electron chi connectivity index (χ1n) is 12.2. The molecule has 2 aliphatic rings. The number of halogens is 1. The molecule has 2 fully saturated rings. The number of anilines is 2. The lowest BCUT2D eigenvalue weighted by atomic mass is 10.0. The summed E-state index contributed by atoms with van der Waals surface area (Å²) >= 11 is 0. The minimum atomic E-state index is -0.574. The number of pyridine rings is 1. The number of nitrogens with one attached hydrogen (secondary N) is 2. The van der Waals surface area contributed by atoms with E-state index >= 15 is 0 Å². The van der Waals surface area contributed by atoms with Gasteiger partial charge in [0.15, 0.2) is 11.5 Å². The molecule has 1 aliphatic carbocycles. The fourth-order valence-electron chi connectivity index (χ4n) is 4.80. The van der Waals surface area contributed by atoms with Gasteiger partial charge in [-0.15, -0.1) is 0 Å². The van der Waals surface area contributed by atoms with Crippen LogP contribution in [0.1, 0.15) is 41.9 Å². The molecule has 4 heterocycles. The highest BCUT2D eigenvalue weighted by molar-refractivity contribution is 6.13. The van der Waals surface area contributed by atoms with Crippen molar-refractivity contribution in [3.05, 3.63) is 47.8 Å². The Bertz CT molecular complexity index is 1460. The number of piperidine rings is 1. The number of fused-ring (bicyclic) bond motifs is 2. The molecule has 0 radical (unpaired) electrons. The average Bonchev–Trinajstić information content (AvgIpc) is 3.61. The lowest BCUT2D eigenvalue weighted by Gasteiger charge is -2.34. The molecule has 0 spiro atoms. The first-order valence-corrected chi connectivity index (χ1v) is 12.2. The van der Waals surface area contributed by atoms with Crippen molar-refractivity contribution in [3.63, 3.8) is 0 Å². The van der Waals surface area contributed by atoms with E-state index in [0.717, 1.165) is 31.6 Å². The molecule has 10 nitrogen and oxygen atoms in total. The van der Waals surface area contributed by atoms with Gasteiger partial charge in [-0.1, -0.05) is 0 Å². The Morgan fingerprint density at radius 2 is 1.89 bits per heavy atom. The summed E-state index contributed by atoms with van der Waals surface area (Å²) in [6, 6.07) is 6.12. The molecule has 3 aromatic heterocycles. The van der Waals surface area contributed by atoms with Crippen molar-refractivity contribution in [2.75, 3.05) is 30.4 Å². The van der Waals surface area contributed by atoms with Gasteiger partial charge in [-0.05, 0) is 44.7 Å². The number of benzene rings is 1. The van der Waals surface area contributed by atoms with E-state index < -0.39 is 11.7 Å². The highest BCUT2D eigenvalue weighted by Crippen LogP contribution is 2.31. The van der Waals surface area contributed by atoms with Crippen LogP contribution in [0.3, 0.4) is 0 Å². The molecule has 4 aromatic rings. The van der Waals surface area contributed by atoms with E-state index in [4.69, 9.17) is 4.74 Å². The van der Waals surface area contributed by atoms with Gasteiger partial charge < -0.3 is 20.3 Å². The van der Waals surface area contributed by atoms with Crippen LogP contribution in [-0.4, -0.2) is 62.8 Å². The highest BCUT2D eigenvalue weighted by Gasteiger charge is 2.28. The summed E-state index contributed by atoms with van der Waals surface area (Å²) in [5.74, 6) is -0.257. The van der Waals surface area contributed by atoms with Gasteiger partial charge in [0.25, 0.3) is 5.91 Å². The van der Waals surface area contributed by atoms with Crippen LogP contribution >= 0.6 is 0 Å². The van der Waals surface area contributed by atoms with Crippen molar-refractivity contribution >= 4 is 34.0 Å². The Balaban J connectivity index is 1.30. The summed E-state index contributed by atoms with van der Waals surface area (Å²) in [5.41, 5.74) is 2.68. The van der Waals surface area contributed by atoms with Gasteiger partial charge in [0.05, 0.1) is 36.4 Å². The number of amides is 1. The predicted octanol–water partition coefficient (Wildman–Crippen LogP) is 3.10. The molecule has 1 amide bonds. The number of aromatic nitrogens is 5. The first-order chi connectivity index (χ1) is 17.5. The number of hydrogen-bond acceptors (Lipinski definition) is 8. The second kappa shape index (κ2) is 8.98. The summed E-state index contributed by atoms with van der Waals surface area (Å²) in [7, 11) is 1.51. The minimum Gasteiger partial charge on any atom is -0.480 e. The third-order valence-corrected chi connectivity index (χ3v) is 6.75. The molecule has 1 aliphatic heterocycles. The van der Waals surface area contributed by atoms with Crippen molar-refractivity contribution in [2.45, 2.75) is 44.7 Å². The minimum absolute atomic E-state index is 0.104. The van der Waals surface area contributed by atoms with Crippen LogP contribution in [0.2, 0.25) is 0 Å². The van der Waals surface area contributed by atoms with Crippen LogP contribution in [0.25, 0.3) is 16.7 Å². The SMILES string of the molecule is COc1cnc2c(N3CCC(NC4CC4)CC3)ccc(C(=O)Nc3cc(F)c4nc(C)nn4c3)c2n1. The molecular weight excluding hydrogens is 463 g/mol. The molecule has 1 aromatic carbocycles. The average molecular weight is 491 g/mol. The summed E-state index contributed by atoms with van der Waals surface area (Å²) in [5, 5.41) is 10.6. The second-order valence-electron chi connectivity index (χ2n) is 9.40. The number of carbonyl (C=O) groups excluding carboxylic acids is 1. The summed E-state index contributed by atoms with van der Waals surface area (Å²) in [6.07, 6.45) is 7.76. The van der Waals surface area contributed by atoms with Crippen molar-refractivity contribution < 1.29 is 13.9 Å². The zero-order valence-corrected chi connectivity index (χ0v) is 20.2. The topological polar surface area (TPSA) is 110 Å². The Labute approximate surface area is 206 Å². The lowest BCUT2D eigenvalue weighted by Crippen LogP contribution is -2.43. The Hall–Kier alpha value is -3.86. The van der Waals surface area contributed by atoms with E-state index in [1.807, 2.05) is 6.07 Å². The molecule has 0 unspecified atom stereocenters. The summed E-state index contributed by atoms with van der Waals surface area (Å²) in [6.45, 7) is 3.47. The third kappa shape index (κ3) is 4.30. The van der Waals surface area contributed by atoms with E-state index in [9.17, 15) is 9.18 Å². The molecule has 36 heavy (non-hydrogen) atoms. The number of ether oxygens (including phenoxy) is 1. The van der Waals surface area contributed by atoms with E-state index in [1.54, 1.807) is 19.2 Å². The molecular formula is C25H27FN8O2. The summed E-state index contributed by atoms with van der Waals surface area (Å²) < 4.78 is 21.1. The lowest BCUT2D eigenvalue weighted by molar-refractivity contribution is 0.102. The number of rotatable bonds is 6. The fraction of sp³-hybridized carbons (Fsp3) is 0.400. The van der Waals surface area contributed by atoms with Crippen LogP contribution in [0, 0.1) is 12.7 Å². The van der Waals surface area contributed by atoms with Crippen LogP contribution in [-0.2, 0) is 0 Å².